The first kappa shape index (κ1) is 17.1. The third-order valence-electron chi connectivity index (χ3n) is 5.16. The Kier molecular flexibility index (Phi) is 4.46. The van der Waals surface area contributed by atoms with Crippen molar-refractivity contribution in [2.75, 3.05) is 0 Å². The second kappa shape index (κ2) is 8.58. The van der Waals surface area contributed by atoms with Gasteiger partial charge < -0.3 is 10.2 Å². The predicted octanol–water partition coefficient (Wildman–Crippen LogP) is 5.58. The van der Waals surface area contributed by atoms with Crippen molar-refractivity contribution in [1.82, 2.24) is 9.78 Å². The number of hydrogen-bond acceptors (Lipinski definition) is 5. The molecule has 0 aliphatic carbocycles. The molecule has 0 atom stereocenters. The molecule has 8 heteroatoms. The largest absolute Gasteiger partial charge is 0.505 e. The summed E-state index contributed by atoms with van der Waals surface area (Å²) in [6.07, 6.45) is 0. The number of phenolic OH excluding ortho intramolecular Hbond substituents is 1. The average Bonchev–Trinajstić information content (AvgIpc) is 3.13. The zero-order valence-electron chi connectivity index (χ0n) is 22.0. The standard InChI is InChI=1S/C25H22N4O4/c1-14-10-11-19(12-15(14)2)29-24(31)22(16(3)28-29)27-26-21-9-5-8-20(23(21)30)17-6-4-7-18(13-17)25(32)33/h4-13,28,30H,1-3H3,(H,32,33)/i5D,8D,9D,13D. The summed E-state index contributed by atoms with van der Waals surface area (Å²) in [4.78, 5) is 24.5. The number of aryl methyl sites for hydroxylation is 3. The second-order valence-electron chi connectivity index (χ2n) is 7.43. The van der Waals surface area contributed by atoms with E-state index in [0.717, 1.165) is 11.1 Å². The zero-order chi connectivity index (χ0) is 27.2. The van der Waals surface area contributed by atoms with Crippen molar-refractivity contribution in [3.8, 4) is 22.6 Å². The fourth-order valence-electron chi connectivity index (χ4n) is 3.20. The van der Waals surface area contributed by atoms with E-state index in [-0.39, 0.29) is 22.4 Å². The van der Waals surface area contributed by atoms with E-state index in [1.54, 1.807) is 13.0 Å². The van der Waals surface area contributed by atoms with Crippen LogP contribution in [-0.2, 0) is 0 Å². The van der Waals surface area contributed by atoms with E-state index in [0.29, 0.717) is 11.4 Å². The molecule has 0 saturated carbocycles. The Morgan fingerprint density at radius 1 is 1.09 bits per heavy atom. The van der Waals surface area contributed by atoms with Crippen LogP contribution < -0.4 is 5.56 Å². The minimum Gasteiger partial charge on any atom is -0.505 e. The summed E-state index contributed by atoms with van der Waals surface area (Å²) in [5, 5.41) is 31.0. The van der Waals surface area contributed by atoms with Crippen molar-refractivity contribution in [2.24, 2.45) is 10.2 Å². The number of carboxylic acids is 1. The van der Waals surface area contributed by atoms with Crippen molar-refractivity contribution in [2.45, 2.75) is 20.8 Å². The van der Waals surface area contributed by atoms with Gasteiger partial charge in [0.05, 0.1) is 22.4 Å². The highest BCUT2D eigenvalue weighted by Crippen LogP contribution is 2.38. The van der Waals surface area contributed by atoms with Crippen LogP contribution in [0.5, 0.6) is 5.75 Å². The molecular weight excluding hydrogens is 420 g/mol. The topological polar surface area (TPSA) is 120 Å². The van der Waals surface area contributed by atoms with Gasteiger partial charge in [-0.15, -0.1) is 10.2 Å². The van der Waals surface area contributed by atoms with Gasteiger partial charge in [0.15, 0.2) is 11.4 Å². The first-order chi connectivity index (χ1) is 17.4. The van der Waals surface area contributed by atoms with E-state index < -0.39 is 47.1 Å². The van der Waals surface area contributed by atoms with Gasteiger partial charge in [0, 0.05) is 5.56 Å². The summed E-state index contributed by atoms with van der Waals surface area (Å²) in [5.74, 6) is -2.10. The number of H-pyrrole nitrogens is 1. The van der Waals surface area contributed by atoms with Crippen LogP contribution in [-0.4, -0.2) is 26.0 Å². The van der Waals surface area contributed by atoms with Gasteiger partial charge in [-0.2, -0.15) is 0 Å². The number of benzene rings is 3. The van der Waals surface area contributed by atoms with Gasteiger partial charge in [-0.1, -0.05) is 30.3 Å². The fourth-order valence-corrected chi connectivity index (χ4v) is 3.20. The molecule has 4 aromatic rings. The minimum atomic E-state index is -1.37. The number of aromatic hydroxyl groups is 1. The van der Waals surface area contributed by atoms with Crippen LogP contribution in [0.25, 0.3) is 16.8 Å². The number of carbonyl (C=O) groups is 1. The molecule has 0 amide bonds. The molecule has 0 aliphatic heterocycles. The Morgan fingerprint density at radius 2 is 1.88 bits per heavy atom. The van der Waals surface area contributed by atoms with Crippen LogP contribution in [0, 0.1) is 20.8 Å². The number of para-hydroxylation sites is 1. The van der Waals surface area contributed by atoms with Gasteiger partial charge in [-0.05, 0) is 67.7 Å². The van der Waals surface area contributed by atoms with Crippen molar-refractivity contribution >= 4 is 17.3 Å². The van der Waals surface area contributed by atoms with E-state index in [4.69, 9.17) is 5.48 Å². The molecule has 0 unspecified atom stereocenters. The second-order valence-corrected chi connectivity index (χ2v) is 7.43. The van der Waals surface area contributed by atoms with Crippen LogP contribution in [0.4, 0.5) is 11.4 Å². The number of nitrogens with one attached hydrogen (secondary N) is 1. The normalized spacial score (nSPS) is 12.9. The summed E-state index contributed by atoms with van der Waals surface area (Å²) < 4.78 is 34.1. The molecule has 166 valence electrons. The molecule has 0 spiro atoms. The SMILES string of the molecule is [2H]c1c(C(=O)O)cccc1-c1c([2H])c([2H])c([2H])c(N=Nc2c(C)[nH]n(-c3ccc(C)c(C)c3)c2=O)c1O. The summed E-state index contributed by atoms with van der Waals surface area (Å²) in [5.41, 5.74) is 1.06. The molecule has 0 saturated heterocycles. The lowest BCUT2D eigenvalue weighted by atomic mass is 10.0. The number of nitrogens with zero attached hydrogens (tertiary/aromatic N) is 3. The summed E-state index contributed by atoms with van der Waals surface area (Å²) in [6.45, 7) is 5.47. The third kappa shape index (κ3) is 4.18. The maximum Gasteiger partial charge on any atom is 0.335 e. The molecule has 8 nitrogen and oxygen atoms in total. The van der Waals surface area contributed by atoms with Gasteiger partial charge >= 0.3 is 5.97 Å². The number of azo groups is 1. The van der Waals surface area contributed by atoms with E-state index >= 15 is 0 Å². The smallest absolute Gasteiger partial charge is 0.335 e. The van der Waals surface area contributed by atoms with Crippen molar-refractivity contribution in [3.05, 3.63) is 93.3 Å². The Labute approximate surface area is 195 Å². The number of aromatic carboxylic acids is 1. The van der Waals surface area contributed by atoms with Crippen LogP contribution in [0.1, 0.15) is 32.7 Å². The lowest BCUT2D eigenvalue weighted by molar-refractivity contribution is 0.0697. The number of hydrogen-bond donors (Lipinski definition) is 3. The molecule has 1 heterocycles. The fraction of sp³-hybridized carbons (Fsp3) is 0.120. The first-order valence-electron chi connectivity index (χ1n) is 11.9. The number of phenols is 1. The maximum atomic E-state index is 13.1. The molecule has 3 aromatic carbocycles. The Morgan fingerprint density at radius 3 is 2.61 bits per heavy atom. The molecular formula is C25H22N4O4. The van der Waals surface area contributed by atoms with Crippen LogP contribution in [0.15, 0.2) is 75.6 Å². The van der Waals surface area contributed by atoms with Gasteiger partial charge in [0.1, 0.15) is 5.69 Å². The van der Waals surface area contributed by atoms with E-state index in [1.807, 2.05) is 26.0 Å². The van der Waals surface area contributed by atoms with E-state index in [1.165, 1.54) is 22.9 Å². The molecule has 3 N–H and O–H groups in total. The van der Waals surface area contributed by atoms with Crippen molar-refractivity contribution in [3.63, 3.8) is 0 Å². The maximum absolute atomic E-state index is 13.1. The lowest BCUT2D eigenvalue weighted by Gasteiger charge is -2.07. The summed E-state index contributed by atoms with van der Waals surface area (Å²) in [7, 11) is 0. The van der Waals surface area contributed by atoms with Crippen molar-refractivity contribution < 1.29 is 20.5 Å². The number of aromatic amines is 1. The van der Waals surface area contributed by atoms with Crippen molar-refractivity contribution in [1.29, 1.82) is 0 Å². The minimum absolute atomic E-state index is 0.0888. The Hall–Kier alpha value is -4.46. The molecule has 0 fully saturated rings. The van der Waals surface area contributed by atoms with Crippen LogP contribution in [0.3, 0.4) is 0 Å². The zero-order valence-corrected chi connectivity index (χ0v) is 18.0. The molecule has 0 radical (unpaired) electrons. The highest BCUT2D eigenvalue weighted by molar-refractivity contribution is 5.90. The highest BCUT2D eigenvalue weighted by Gasteiger charge is 2.14. The number of aromatic nitrogens is 2. The van der Waals surface area contributed by atoms with Crippen LogP contribution >= 0.6 is 0 Å². The molecule has 4 rings (SSSR count). The summed E-state index contributed by atoms with van der Waals surface area (Å²) in [6, 6.07) is 7.06. The van der Waals surface area contributed by atoms with Gasteiger partial charge in [-0.25, -0.2) is 9.48 Å². The molecule has 33 heavy (non-hydrogen) atoms. The lowest BCUT2D eigenvalue weighted by Crippen LogP contribution is -2.14. The molecule has 0 bridgehead atoms. The Balaban J connectivity index is 1.86. The quantitative estimate of drug-likeness (QED) is 0.347. The summed E-state index contributed by atoms with van der Waals surface area (Å²) >= 11 is 0. The molecule has 1 aromatic heterocycles. The average molecular weight is 446 g/mol. The van der Waals surface area contributed by atoms with E-state index in [2.05, 4.69) is 15.3 Å². The highest BCUT2D eigenvalue weighted by atomic mass is 16.4. The number of rotatable bonds is 5. The number of carboxylic acid groups (broad SMARTS) is 1. The van der Waals surface area contributed by atoms with E-state index in [9.17, 15) is 19.8 Å². The first-order valence-corrected chi connectivity index (χ1v) is 9.91. The van der Waals surface area contributed by atoms with Gasteiger partial charge in [-0.3, -0.25) is 9.89 Å². The monoisotopic (exact) mass is 446 g/mol. The third-order valence-corrected chi connectivity index (χ3v) is 5.16. The Bertz CT molecular complexity index is 1670. The van der Waals surface area contributed by atoms with Crippen LogP contribution in [0.2, 0.25) is 0 Å². The predicted molar refractivity (Wildman–Crippen MR) is 125 cm³/mol. The molecule has 0 aliphatic rings. The van der Waals surface area contributed by atoms with Gasteiger partial charge in [0.2, 0.25) is 0 Å². The van der Waals surface area contributed by atoms with Gasteiger partial charge in [0.25, 0.3) is 5.56 Å².